The maximum atomic E-state index is 12.5. The van der Waals surface area contributed by atoms with Gasteiger partial charge in [-0.15, -0.1) is 0 Å². The average molecular weight is 848 g/mol. The molecule has 0 spiro atoms. The second-order valence-corrected chi connectivity index (χ2v) is 18.6. The summed E-state index contributed by atoms with van der Waals surface area (Å²) in [5, 5.41) is 23.2. The van der Waals surface area contributed by atoms with E-state index in [1.54, 1.807) is 0 Å². The molecule has 0 rings (SSSR count). The van der Waals surface area contributed by atoms with Gasteiger partial charge in [-0.05, 0) is 51.4 Å². The predicted molar refractivity (Wildman–Crippen MR) is 260 cm³/mol. The van der Waals surface area contributed by atoms with Crippen molar-refractivity contribution in [1.82, 2.24) is 5.32 Å². The summed E-state index contributed by atoms with van der Waals surface area (Å²) in [5.41, 5.74) is 0. The van der Waals surface area contributed by atoms with E-state index >= 15 is 0 Å². The molecule has 3 N–H and O–H groups in total. The van der Waals surface area contributed by atoms with Crippen molar-refractivity contribution in [3.63, 3.8) is 0 Å². The van der Waals surface area contributed by atoms with Crippen LogP contribution in [0, 0.1) is 0 Å². The molecular formula is C54H105NO5. The number of hydrogen-bond donors (Lipinski definition) is 3. The zero-order chi connectivity index (χ0) is 43.7. The van der Waals surface area contributed by atoms with Crippen molar-refractivity contribution >= 4 is 11.9 Å². The minimum Gasteiger partial charge on any atom is -0.466 e. The first-order valence-electron chi connectivity index (χ1n) is 26.9. The molecule has 0 aromatic carbocycles. The van der Waals surface area contributed by atoms with E-state index < -0.39 is 12.1 Å². The third-order valence-corrected chi connectivity index (χ3v) is 12.6. The SMILES string of the molecule is CCCCCCCCCCCCCCCCCC(O)C(CO)NC(=O)CCCCCCCCC/C=C\CCCCCCOC(=O)CCCCCCCCCCCCCCC. The number of aliphatic hydroxyl groups is 2. The molecule has 0 aliphatic carbocycles. The van der Waals surface area contributed by atoms with E-state index in [0.29, 0.717) is 25.9 Å². The number of rotatable bonds is 50. The number of esters is 1. The Morgan fingerprint density at radius 2 is 0.783 bits per heavy atom. The Kier molecular flexibility index (Phi) is 49.1. The highest BCUT2D eigenvalue weighted by molar-refractivity contribution is 5.76. The summed E-state index contributed by atoms with van der Waals surface area (Å²) < 4.78 is 5.45. The molecule has 0 bridgehead atoms. The van der Waals surface area contributed by atoms with E-state index in [9.17, 15) is 19.8 Å². The third kappa shape index (κ3) is 46.1. The van der Waals surface area contributed by atoms with Gasteiger partial charge in [0.1, 0.15) is 0 Å². The van der Waals surface area contributed by atoms with Crippen LogP contribution in [0.1, 0.15) is 296 Å². The monoisotopic (exact) mass is 848 g/mol. The summed E-state index contributed by atoms with van der Waals surface area (Å²) in [7, 11) is 0. The number of hydrogen-bond acceptors (Lipinski definition) is 5. The van der Waals surface area contributed by atoms with Crippen molar-refractivity contribution in [1.29, 1.82) is 0 Å². The Balaban J connectivity index is 3.47. The normalized spacial score (nSPS) is 12.7. The number of unbranched alkanes of at least 4 members (excludes halogenated alkanes) is 37. The standard InChI is InChI=1S/C54H105NO5/c1-3-5-7-9-11-13-15-17-19-23-26-30-34-38-42-46-52(57)51(50-56)55-53(58)47-43-39-35-31-27-24-20-18-21-25-29-33-37-41-45-49-60-54(59)48-44-40-36-32-28-22-16-14-12-10-8-6-4-2/h21,25,51-52,56-57H,3-20,22-24,26-50H2,1-2H3,(H,55,58)/b25-21-. The molecule has 0 aromatic rings. The van der Waals surface area contributed by atoms with Crippen LogP contribution >= 0.6 is 0 Å². The summed E-state index contributed by atoms with van der Waals surface area (Å²) in [6.45, 7) is 4.93. The number of carbonyl (C=O) groups excluding carboxylic acids is 2. The van der Waals surface area contributed by atoms with Gasteiger partial charge < -0.3 is 20.3 Å². The van der Waals surface area contributed by atoms with Crippen molar-refractivity contribution < 1.29 is 24.5 Å². The van der Waals surface area contributed by atoms with E-state index in [-0.39, 0.29) is 18.5 Å². The fourth-order valence-corrected chi connectivity index (χ4v) is 8.40. The molecule has 6 heteroatoms. The van der Waals surface area contributed by atoms with Crippen molar-refractivity contribution in [2.75, 3.05) is 13.2 Å². The van der Waals surface area contributed by atoms with Gasteiger partial charge in [-0.25, -0.2) is 0 Å². The van der Waals surface area contributed by atoms with Crippen LogP contribution in [0.3, 0.4) is 0 Å². The number of carbonyl (C=O) groups is 2. The minimum atomic E-state index is -0.673. The Labute approximate surface area is 374 Å². The highest BCUT2D eigenvalue weighted by Gasteiger charge is 2.20. The quantitative estimate of drug-likeness (QED) is 0.0322. The van der Waals surface area contributed by atoms with Gasteiger partial charge in [0.2, 0.25) is 5.91 Å². The van der Waals surface area contributed by atoms with E-state index in [4.69, 9.17) is 4.74 Å². The van der Waals surface area contributed by atoms with E-state index in [2.05, 4.69) is 31.3 Å². The number of allylic oxidation sites excluding steroid dienone is 2. The summed E-state index contributed by atoms with van der Waals surface area (Å²) in [4.78, 5) is 24.5. The Morgan fingerprint density at radius 1 is 0.450 bits per heavy atom. The number of ether oxygens (including phenoxy) is 1. The van der Waals surface area contributed by atoms with Crippen LogP contribution in [0.15, 0.2) is 12.2 Å². The van der Waals surface area contributed by atoms with Gasteiger partial charge in [-0.1, -0.05) is 244 Å². The van der Waals surface area contributed by atoms with Crippen LogP contribution < -0.4 is 5.32 Å². The Morgan fingerprint density at radius 3 is 1.18 bits per heavy atom. The number of aliphatic hydroxyl groups excluding tert-OH is 2. The molecule has 0 heterocycles. The lowest BCUT2D eigenvalue weighted by molar-refractivity contribution is -0.143. The minimum absolute atomic E-state index is 0.00819. The molecule has 0 radical (unpaired) electrons. The summed E-state index contributed by atoms with van der Waals surface area (Å²) >= 11 is 0. The fourth-order valence-electron chi connectivity index (χ4n) is 8.40. The molecule has 0 aliphatic heterocycles. The molecule has 0 fully saturated rings. The van der Waals surface area contributed by atoms with Crippen LogP contribution in [0.25, 0.3) is 0 Å². The van der Waals surface area contributed by atoms with Crippen molar-refractivity contribution in [2.24, 2.45) is 0 Å². The molecule has 0 saturated carbocycles. The molecule has 2 atom stereocenters. The van der Waals surface area contributed by atoms with Gasteiger partial charge in [-0.3, -0.25) is 9.59 Å². The molecule has 1 amide bonds. The second kappa shape index (κ2) is 50.2. The molecule has 0 aromatic heterocycles. The lowest BCUT2D eigenvalue weighted by Gasteiger charge is -2.22. The topological polar surface area (TPSA) is 95.9 Å². The van der Waals surface area contributed by atoms with Gasteiger partial charge in [0.05, 0.1) is 25.4 Å². The maximum absolute atomic E-state index is 12.5. The van der Waals surface area contributed by atoms with Crippen LogP contribution in [0.5, 0.6) is 0 Å². The molecule has 6 nitrogen and oxygen atoms in total. The van der Waals surface area contributed by atoms with Crippen molar-refractivity contribution in [3.05, 3.63) is 12.2 Å². The zero-order valence-corrected chi connectivity index (χ0v) is 40.5. The predicted octanol–water partition coefficient (Wildman–Crippen LogP) is 16.1. The summed E-state index contributed by atoms with van der Waals surface area (Å²) in [6.07, 6.45) is 57.5. The van der Waals surface area contributed by atoms with Gasteiger partial charge in [0.15, 0.2) is 0 Å². The smallest absolute Gasteiger partial charge is 0.305 e. The molecule has 0 saturated heterocycles. The molecule has 2 unspecified atom stereocenters. The average Bonchev–Trinajstić information content (AvgIpc) is 3.25. The summed E-state index contributed by atoms with van der Waals surface area (Å²) in [6, 6.07) is -0.551. The van der Waals surface area contributed by atoms with Crippen LogP contribution in [-0.4, -0.2) is 47.4 Å². The molecule has 60 heavy (non-hydrogen) atoms. The Bertz CT molecular complexity index is 893. The first kappa shape index (κ1) is 58.6. The third-order valence-electron chi connectivity index (χ3n) is 12.6. The van der Waals surface area contributed by atoms with E-state index in [0.717, 1.165) is 70.6 Å². The second-order valence-electron chi connectivity index (χ2n) is 18.6. The first-order chi connectivity index (χ1) is 29.5. The van der Waals surface area contributed by atoms with Crippen molar-refractivity contribution in [3.8, 4) is 0 Å². The van der Waals surface area contributed by atoms with Crippen LogP contribution in [0.4, 0.5) is 0 Å². The van der Waals surface area contributed by atoms with Gasteiger partial charge in [0, 0.05) is 12.8 Å². The maximum Gasteiger partial charge on any atom is 0.305 e. The van der Waals surface area contributed by atoms with Crippen LogP contribution in [-0.2, 0) is 14.3 Å². The zero-order valence-electron chi connectivity index (χ0n) is 40.5. The van der Waals surface area contributed by atoms with Crippen molar-refractivity contribution in [2.45, 2.75) is 309 Å². The highest BCUT2D eigenvalue weighted by Crippen LogP contribution is 2.17. The summed E-state index contributed by atoms with van der Waals surface area (Å²) in [5.74, 6) is -0.0568. The van der Waals surface area contributed by atoms with Gasteiger partial charge in [0.25, 0.3) is 0 Å². The van der Waals surface area contributed by atoms with Crippen LogP contribution in [0.2, 0.25) is 0 Å². The fraction of sp³-hybridized carbons (Fsp3) is 0.926. The first-order valence-corrected chi connectivity index (χ1v) is 26.9. The van der Waals surface area contributed by atoms with E-state index in [1.165, 1.54) is 193 Å². The Hall–Kier alpha value is -1.40. The number of nitrogens with one attached hydrogen (secondary N) is 1. The van der Waals surface area contributed by atoms with Gasteiger partial charge in [-0.2, -0.15) is 0 Å². The molecule has 0 aliphatic rings. The lowest BCUT2D eigenvalue weighted by atomic mass is 10.0. The van der Waals surface area contributed by atoms with E-state index in [1.807, 2.05) is 0 Å². The highest BCUT2D eigenvalue weighted by atomic mass is 16.5. The molecule has 356 valence electrons. The largest absolute Gasteiger partial charge is 0.466 e. The molecular weight excluding hydrogens is 743 g/mol. The number of amides is 1. The van der Waals surface area contributed by atoms with Gasteiger partial charge >= 0.3 is 5.97 Å². The lowest BCUT2D eigenvalue weighted by Crippen LogP contribution is -2.45.